The van der Waals surface area contributed by atoms with Crippen molar-refractivity contribution < 1.29 is 18.7 Å². The van der Waals surface area contributed by atoms with Crippen LogP contribution in [0.2, 0.25) is 0 Å². The average Bonchev–Trinajstić information content (AvgIpc) is 2.58. The third kappa shape index (κ3) is 6.10. The lowest BCUT2D eigenvalue weighted by Crippen LogP contribution is -2.43. The van der Waals surface area contributed by atoms with Gasteiger partial charge in [0.25, 0.3) is 11.8 Å². The van der Waals surface area contributed by atoms with Gasteiger partial charge < -0.3 is 4.74 Å². The maximum absolute atomic E-state index is 12.7. The van der Waals surface area contributed by atoms with Gasteiger partial charge in [-0.3, -0.25) is 20.4 Å². The van der Waals surface area contributed by atoms with E-state index in [1.54, 1.807) is 6.08 Å². The lowest BCUT2D eigenvalue weighted by molar-refractivity contribution is -0.128. The highest BCUT2D eigenvalue weighted by atomic mass is 19.1. The van der Waals surface area contributed by atoms with Crippen LogP contribution in [0, 0.1) is 19.7 Å². The molecule has 2 N–H and O–H groups in total. The molecule has 0 bridgehead atoms. The van der Waals surface area contributed by atoms with E-state index in [4.69, 9.17) is 4.74 Å². The van der Waals surface area contributed by atoms with E-state index in [0.717, 1.165) is 16.7 Å². The van der Waals surface area contributed by atoms with Gasteiger partial charge in [-0.25, -0.2) is 4.39 Å². The van der Waals surface area contributed by atoms with E-state index in [0.29, 0.717) is 5.75 Å². The molecule has 0 aliphatic heterocycles. The summed E-state index contributed by atoms with van der Waals surface area (Å²) in [7, 11) is 0. The van der Waals surface area contributed by atoms with Gasteiger partial charge >= 0.3 is 0 Å². The second-order valence-corrected chi connectivity index (χ2v) is 5.47. The van der Waals surface area contributed by atoms with Crippen LogP contribution in [0.25, 0.3) is 6.08 Å². The first-order valence-electron chi connectivity index (χ1n) is 7.66. The standard InChI is InChI=1S/C19H19FN2O3/c1-13-3-4-15(14(2)11-13)5-10-18(23)21-22-19(24)12-25-17-8-6-16(20)7-9-17/h3-11H,12H2,1-2H3,(H,21,23)(H,22,24)/b10-5+. The summed E-state index contributed by atoms with van der Waals surface area (Å²) in [6.07, 6.45) is 3.00. The predicted molar refractivity (Wildman–Crippen MR) is 93.1 cm³/mol. The summed E-state index contributed by atoms with van der Waals surface area (Å²) in [5, 5.41) is 0. The molecule has 0 aromatic heterocycles. The molecule has 2 aromatic rings. The van der Waals surface area contributed by atoms with Crippen LogP contribution in [0.3, 0.4) is 0 Å². The van der Waals surface area contributed by atoms with E-state index in [1.165, 1.54) is 30.3 Å². The van der Waals surface area contributed by atoms with E-state index in [9.17, 15) is 14.0 Å². The minimum atomic E-state index is -0.530. The topological polar surface area (TPSA) is 67.4 Å². The van der Waals surface area contributed by atoms with Crippen LogP contribution < -0.4 is 15.6 Å². The summed E-state index contributed by atoms with van der Waals surface area (Å²) in [4.78, 5) is 23.3. The Hall–Kier alpha value is -3.15. The van der Waals surface area contributed by atoms with E-state index in [1.807, 2.05) is 32.0 Å². The number of rotatable bonds is 5. The van der Waals surface area contributed by atoms with Crippen molar-refractivity contribution in [3.8, 4) is 5.75 Å². The van der Waals surface area contributed by atoms with Crippen LogP contribution in [0.15, 0.2) is 48.5 Å². The van der Waals surface area contributed by atoms with Crippen LogP contribution in [0.5, 0.6) is 5.75 Å². The van der Waals surface area contributed by atoms with Crippen molar-refractivity contribution in [2.24, 2.45) is 0 Å². The normalized spacial score (nSPS) is 10.5. The van der Waals surface area contributed by atoms with Crippen molar-refractivity contribution in [2.45, 2.75) is 13.8 Å². The van der Waals surface area contributed by atoms with E-state index in [2.05, 4.69) is 10.9 Å². The molecule has 0 aliphatic carbocycles. The Labute approximate surface area is 145 Å². The van der Waals surface area contributed by atoms with Gasteiger partial charge in [-0.2, -0.15) is 0 Å². The van der Waals surface area contributed by atoms with Gasteiger partial charge in [-0.15, -0.1) is 0 Å². The Morgan fingerprint density at radius 2 is 1.80 bits per heavy atom. The van der Waals surface area contributed by atoms with E-state index >= 15 is 0 Å². The summed E-state index contributed by atoms with van der Waals surface area (Å²) < 4.78 is 17.9. The van der Waals surface area contributed by atoms with Crippen molar-refractivity contribution in [1.82, 2.24) is 10.9 Å². The van der Waals surface area contributed by atoms with Gasteiger partial charge in [0.05, 0.1) is 0 Å². The highest BCUT2D eigenvalue weighted by Crippen LogP contribution is 2.12. The number of hydrogen-bond donors (Lipinski definition) is 2. The van der Waals surface area contributed by atoms with Crippen molar-refractivity contribution in [3.05, 3.63) is 71.0 Å². The molecule has 0 spiro atoms. The minimum absolute atomic E-state index is 0.299. The Morgan fingerprint density at radius 3 is 2.48 bits per heavy atom. The number of benzene rings is 2. The Morgan fingerprint density at radius 1 is 1.08 bits per heavy atom. The number of carbonyl (C=O) groups excluding carboxylic acids is 2. The molecular formula is C19H19FN2O3. The molecule has 5 nitrogen and oxygen atoms in total. The average molecular weight is 342 g/mol. The molecule has 0 saturated carbocycles. The van der Waals surface area contributed by atoms with Crippen molar-refractivity contribution >= 4 is 17.9 Å². The second kappa shape index (κ2) is 8.63. The van der Waals surface area contributed by atoms with Gasteiger partial charge in [0.2, 0.25) is 0 Å². The van der Waals surface area contributed by atoms with Gasteiger partial charge in [0.1, 0.15) is 11.6 Å². The molecule has 130 valence electrons. The molecule has 0 fully saturated rings. The first-order valence-corrected chi connectivity index (χ1v) is 7.66. The SMILES string of the molecule is Cc1ccc(/C=C/C(=O)NNC(=O)COc2ccc(F)cc2)c(C)c1. The number of ether oxygens (including phenoxy) is 1. The van der Waals surface area contributed by atoms with Gasteiger partial charge in [-0.05, 0) is 55.3 Å². The molecule has 0 saturated heterocycles. The largest absolute Gasteiger partial charge is 0.484 e. The number of halogens is 1. The number of nitrogens with one attached hydrogen (secondary N) is 2. The fourth-order valence-corrected chi connectivity index (χ4v) is 2.07. The molecular weight excluding hydrogens is 323 g/mol. The first-order chi connectivity index (χ1) is 11.9. The van der Waals surface area contributed by atoms with Crippen LogP contribution in [-0.2, 0) is 9.59 Å². The zero-order valence-corrected chi connectivity index (χ0v) is 14.0. The summed E-state index contributed by atoms with van der Waals surface area (Å²) >= 11 is 0. The second-order valence-electron chi connectivity index (χ2n) is 5.47. The molecule has 0 unspecified atom stereocenters. The summed E-state index contributed by atoms with van der Waals surface area (Å²) in [5.41, 5.74) is 7.62. The monoisotopic (exact) mass is 342 g/mol. The number of carbonyl (C=O) groups is 2. The van der Waals surface area contributed by atoms with Crippen LogP contribution >= 0.6 is 0 Å². The molecule has 0 aliphatic rings. The van der Waals surface area contributed by atoms with Gasteiger partial charge in [-0.1, -0.05) is 23.8 Å². The summed E-state index contributed by atoms with van der Waals surface area (Å²) in [5.74, 6) is -1.02. The quantitative estimate of drug-likeness (QED) is 0.648. The number of aryl methyl sites for hydroxylation is 2. The van der Waals surface area contributed by atoms with Crippen molar-refractivity contribution in [3.63, 3.8) is 0 Å². The third-order valence-electron chi connectivity index (χ3n) is 3.35. The summed E-state index contributed by atoms with van der Waals surface area (Å²) in [6, 6.07) is 11.2. The van der Waals surface area contributed by atoms with Crippen molar-refractivity contribution in [1.29, 1.82) is 0 Å². The molecule has 2 aromatic carbocycles. The number of hydrogen-bond acceptors (Lipinski definition) is 3. The van der Waals surface area contributed by atoms with E-state index < -0.39 is 11.8 Å². The smallest absolute Gasteiger partial charge is 0.276 e. The highest BCUT2D eigenvalue weighted by molar-refractivity contribution is 5.93. The minimum Gasteiger partial charge on any atom is -0.484 e. The highest BCUT2D eigenvalue weighted by Gasteiger charge is 2.04. The van der Waals surface area contributed by atoms with Crippen molar-refractivity contribution in [2.75, 3.05) is 6.61 Å². The molecule has 25 heavy (non-hydrogen) atoms. The van der Waals surface area contributed by atoms with Crippen LogP contribution in [-0.4, -0.2) is 18.4 Å². The molecule has 2 rings (SSSR count). The molecule has 0 radical (unpaired) electrons. The van der Waals surface area contributed by atoms with Crippen LogP contribution in [0.4, 0.5) is 4.39 Å². The third-order valence-corrected chi connectivity index (χ3v) is 3.35. The Bertz CT molecular complexity index is 786. The zero-order chi connectivity index (χ0) is 18.2. The zero-order valence-electron chi connectivity index (χ0n) is 14.0. The molecule has 6 heteroatoms. The fourth-order valence-electron chi connectivity index (χ4n) is 2.07. The van der Waals surface area contributed by atoms with Crippen LogP contribution in [0.1, 0.15) is 16.7 Å². The maximum Gasteiger partial charge on any atom is 0.276 e. The number of amides is 2. The fraction of sp³-hybridized carbons (Fsp3) is 0.158. The van der Waals surface area contributed by atoms with Gasteiger partial charge in [0.15, 0.2) is 6.61 Å². The lowest BCUT2D eigenvalue weighted by atomic mass is 10.1. The predicted octanol–water partition coefficient (Wildman–Crippen LogP) is 2.68. The molecule has 2 amide bonds. The maximum atomic E-state index is 12.7. The summed E-state index contributed by atoms with van der Waals surface area (Å²) in [6.45, 7) is 3.66. The Balaban J connectivity index is 1.76. The number of hydrazine groups is 1. The molecule has 0 atom stereocenters. The molecule has 0 heterocycles. The first kappa shape index (κ1) is 18.2. The van der Waals surface area contributed by atoms with E-state index in [-0.39, 0.29) is 12.4 Å². The lowest BCUT2D eigenvalue weighted by Gasteiger charge is -2.07. The Kier molecular flexibility index (Phi) is 6.28. The van der Waals surface area contributed by atoms with Gasteiger partial charge in [0, 0.05) is 6.08 Å².